The fourth-order valence-corrected chi connectivity index (χ4v) is 2.29. The molecule has 3 rings (SSSR count). The summed E-state index contributed by atoms with van der Waals surface area (Å²) < 4.78 is 45.0. The highest BCUT2D eigenvalue weighted by atomic mass is 19.4. The lowest BCUT2D eigenvalue weighted by Crippen LogP contribution is -2.32. The second-order valence-corrected chi connectivity index (χ2v) is 4.58. The highest BCUT2D eigenvalue weighted by Gasteiger charge is 2.42. The van der Waals surface area contributed by atoms with Crippen LogP contribution in [0.1, 0.15) is 18.0 Å². The average molecular weight is 272 g/mol. The van der Waals surface area contributed by atoms with Crippen LogP contribution in [-0.2, 0) is 13.0 Å². The van der Waals surface area contributed by atoms with E-state index in [-0.39, 0.29) is 19.4 Å². The van der Waals surface area contributed by atoms with Gasteiger partial charge in [0.15, 0.2) is 12.2 Å². The molecule has 5 nitrogen and oxygen atoms in total. The van der Waals surface area contributed by atoms with E-state index in [1.807, 2.05) is 0 Å². The van der Waals surface area contributed by atoms with Crippen molar-refractivity contribution in [2.24, 2.45) is 5.92 Å². The zero-order valence-electron chi connectivity index (χ0n) is 10.1. The van der Waals surface area contributed by atoms with Gasteiger partial charge in [0.2, 0.25) is 0 Å². The van der Waals surface area contributed by atoms with E-state index in [0.29, 0.717) is 23.1 Å². The molecule has 2 aromatic rings. The van der Waals surface area contributed by atoms with Crippen LogP contribution in [0.15, 0.2) is 10.8 Å². The molecule has 102 valence electrons. The topological polar surface area (TPSA) is 56.7 Å². The maximum atomic E-state index is 12.8. The van der Waals surface area contributed by atoms with Crippen LogP contribution < -0.4 is 0 Å². The molecule has 0 amide bonds. The maximum Gasteiger partial charge on any atom is 0.393 e. The van der Waals surface area contributed by atoms with Crippen molar-refractivity contribution in [2.75, 3.05) is 0 Å². The average Bonchev–Trinajstić information content (AvgIpc) is 2.92. The van der Waals surface area contributed by atoms with Crippen LogP contribution in [0.25, 0.3) is 11.5 Å². The van der Waals surface area contributed by atoms with Crippen molar-refractivity contribution >= 4 is 0 Å². The van der Waals surface area contributed by atoms with Crippen LogP contribution in [0, 0.1) is 12.8 Å². The Morgan fingerprint density at radius 3 is 2.79 bits per heavy atom. The van der Waals surface area contributed by atoms with Gasteiger partial charge in [-0.05, 0) is 13.3 Å². The van der Waals surface area contributed by atoms with Gasteiger partial charge in [0.25, 0.3) is 0 Å². The van der Waals surface area contributed by atoms with Crippen molar-refractivity contribution in [1.29, 1.82) is 0 Å². The van der Waals surface area contributed by atoms with Gasteiger partial charge in [-0.1, -0.05) is 0 Å². The number of hydrogen-bond donors (Lipinski definition) is 0. The van der Waals surface area contributed by atoms with Gasteiger partial charge in [-0.25, -0.2) is 4.98 Å². The van der Waals surface area contributed by atoms with E-state index < -0.39 is 12.1 Å². The second kappa shape index (κ2) is 4.07. The van der Waals surface area contributed by atoms with Gasteiger partial charge in [0.05, 0.1) is 5.92 Å². The van der Waals surface area contributed by atoms with Crippen LogP contribution >= 0.6 is 0 Å². The molecule has 0 spiro atoms. The molecule has 0 saturated carbocycles. The number of hydrogen-bond acceptors (Lipinski definition) is 4. The summed E-state index contributed by atoms with van der Waals surface area (Å²) in [6, 6.07) is 0. The standard InChI is InChI=1S/C11H11F3N4O/c1-6-9(15-5-19-6)10-17-16-8-3-2-7(4-18(8)10)11(12,13)14/h5,7H,2-4H2,1H3. The van der Waals surface area contributed by atoms with Gasteiger partial charge in [0, 0.05) is 13.0 Å². The summed E-state index contributed by atoms with van der Waals surface area (Å²) in [6.45, 7) is 1.53. The molecular weight excluding hydrogens is 261 g/mol. The van der Waals surface area contributed by atoms with Crippen LogP contribution in [0.2, 0.25) is 0 Å². The van der Waals surface area contributed by atoms with Gasteiger partial charge >= 0.3 is 6.18 Å². The molecule has 1 aliphatic rings. The van der Waals surface area contributed by atoms with E-state index in [2.05, 4.69) is 15.2 Å². The molecule has 19 heavy (non-hydrogen) atoms. The van der Waals surface area contributed by atoms with Gasteiger partial charge in [-0.3, -0.25) is 0 Å². The largest absolute Gasteiger partial charge is 0.448 e. The van der Waals surface area contributed by atoms with Crippen molar-refractivity contribution < 1.29 is 17.6 Å². The summed E-state index contributed by atoms with van der Waals surface area (Å²) in [7, 11) is 0. The van der Waals surface area contributed by atoms with E-state index in [9.17, 15) is 13.2 Å². The third kappa shape index (κ3) is 2.00. The Hall–Kier alpha value is -1.86. The smallest absolute Gasteiger partial charge is 0.393 e. The molecular formula is C11H11F3N4O. The number of nitrogens with zero attached hydrogens (tertiary/aromatic N) is 4. The Bertz CT molecular complexity index is 601. The van der Waals surface area contributed by atoms with Crippen LogP contribution in [0.3, 0.4) is 0 Å². The predicted molar refractivity (Wildman–Crippen MR) is 58.1 cm³/mol. The Balaban J connectivity index is 2.00. The Morgan fingerprint density at radius 1 is 1.37 bits per heavy atom. The number of halogens is 3. The lowest BCUT2D eigenvalue weighted by atomic mass is 9.99. The molecule has 2 aromatic heterocycles. The van der Waals surface area contributed by atoms with Crippen molar-refractivity contribution in [3.63, 3.8) is 0 Å². The molecule has 0 fully saturated rings. The lowest BCUT2D eigenvalue weighted by Gasteiger charge is -2.25. The summed E-state index contributed by atoms with van der Waals surface area (Å²) in [6.07, 6.45) is -2.62. The number of aromatic nitrogens is 4. The van der Waals surface area contributed by atoms with Gasteiger partial charge in [-0.2, -0.15) is 13.2 Å². The molecule has 0 aromatic carbocycles. The summed E-state index contributed by atoms with van der Waals surface area (Å²) in [4.78, 5) is 3.98. The first-order chi connectivity index (χ1) is 8.97. The molecule has 1 atom stereocenters. The van der Waals surface area contributed by atoms with Crippen molar-refractivity contribution in [3.05, 3.63) is 18.0 Å². The number of oxazole rings is 1. The third-order valence-electron chi connectivity index (χ3n) is 3.37. The van der Waals surface area contributed by atoms with Crippen LogP contribution in [-0.4, -0.2) is 25.9 Å². The van der Waals surface area contributed by atoms with Gasteiger partial charge in [-0.15, -0.1) is 10.2 Å². The summed E-state index contributed by atoms with van der Waals surface area (Å²) in [5.74, 6) is 0.0689. The molecule has 0 aliphatic carbocycles. The summed E-state index contributed by atoms with van der Waals surface area (Å²) in [5.41, 5.74) is 0.446. The molecule has 8 heteroatoms. The van der Waals surface area contributed by atoms with Crippen molar-refractivity contribution in [3.8, 4) is 11.5 Å². The van der Waals surface area contributed by atoms with E-state index >= 15 is 0 Å². The minimum absolute atomic E-state index is 0.0550. The van der Waals surface area contributed by atoms with E-state index in [4.69, 9.17) is 4.42 Å². The first-order valence-electron chi connectivity index (χ1n) is 5.86. The first kappa shape index (κ1) is 12.2. The molecule has 0 radical (unpaired) electrons. The van der Waals surface area contributed by atoms with Gasteiger partial charge in [0.1, 0.15) is 17.3 Å². The van der Waals surface area contributed by atoms with E-state index in [0.717, 1.165) is 0 Å². The molecule has 1 unspecified atom stereocenters. The van der Waals surface area contributed by atoms with E-state index in [1.165, 1.54) is 11.0 Å². The van der Waals surface area contributed by atoms with Crippen LogP contribution in [0.5, 0.6) is 0 Å². The highest BCUT2D eigenvalue weighted by Crippen LogP contribution is 2.35. The Labute approximate surface area is 106 Å². The minimum atomic E-state index is -4.20. The zero-order valence-corrected chi connectivity index (χ0v) is 10.1. The molecule has 3 heterocycles. The Kier molecular flexibility index (Phi) is 2.61. The van der Waals surface area contributed by atoms with Crippen molar-refractivity contribution in [2.45, 2.75) is 32.5 Å². The van der Waals surface area contributed by atoms with Gasteiger partial charge < -0.3 is 8.98 Å². The number of aryl methyl sites for hydroxylation is 2. The normalized spacial score (nSPS) is 19.5. The fourth-order valence-electron chi connectivity index (χ4n) is 2.29. The SMILES string of the molecule is Cc1ocnc1-c1nnc2n1CC(C(F)(F)F)CC2. The number of rotatable bonds is 1. The third-order valence-corrected chi connectivity index (χ3v) is 3.37. The summed E-state index contributed by atoms with van der Waals surface area (Å²) in [5, 5.41) is 7.87. The van der Waals surface area contributed by atoms with Crippen LogP contribution in [0.4, 0.5) is 13.2 Å². The second-order valence-electron chi connectivity index (χ2n) is 4.58. The number of alkyl halides is 3. The lowest BCUT2D eigenvalue weighted by molar-refractivity contribution is -0.182. The van der Waals surface area contributed by atoms with Crippen molar-refractivity contribution in [1.82, 2.24) is 19.7 Å². The number of fused-ring (bicyclic) bond motifs is 1. The molecule has 1 aliphatic heterocycles. The molecule has 0 saturated heterocycles. The molecule has 0 bridgehead atoms. The zero-order chi connectivity index (χ0) is 13.6. The maximum absolute atomic E-state index is 12.8. The van der Waals surface area contributed by atoms with E-state index in [1.54, 1.807) is 6.92 Å². The molecule has 0 N–H and O–H groups in total. The first-order valence-corrected chi connectivity index (χ1v) is 5.86. The summed E-state index contributed by atoms with van der Waals surface area (Å²) >= 11 is 0. The minimum Gasteiger partial charge on any atom is -0.448 e. The Morgan fingerprint density at radius 2 is 2.16 bits per heavy atom. The predicted octanol–water partition coefficient (Wildman–Crippen LogP) is 2.37. The highest BCUT2D eigenvalue weighted by molar-refractivity contribution is 5.51. The quantitative estimate of drug-likeness (QED) is 0.799. The fraction of sp³-hybridized carbons (Fsp3) is 0.545. The monoisotopic (exact) mass is 272 g/mol.